The van der Waals surface area contributed by atoms with Gasteiger partial charge in [-0.15, -0.1) is 0 Å². The Morgan fingerprint density at radius 3 is 2.35 bits per heavy atom. The minimum Gasteiger partial charge on any atom is -0.484 e. The molecule has 9 heteroatoms. The van der Waals surface area contributed by atoms with E-state index in [0.717, 1.165) is 15.9 Å². The lowest BCUT2D eigenvalue weighted by atomic mass is 10.2. The van der Waals surface area contributed by atoms with Gasteiger partial charge in [0.15, 0.2) is 6.61 Å². The van der Waals surface area contributed by atoms with Crippen LogP contribution in [0.5, 0.6) is 5.75 Å². The molecule has 3 aromatic rings. The molecule has 0 saturated heterocycles. The van der Waals surface area contributed by atoms with Crippen molar-refractivity contribution in [2.24, 2.45) is 0 Å². The Bertz CT molecular complexity index is 1180. The van der Waals surface area contributed by atoms with Gasteiger partial charge in [0.25, 0.3) is 15.9 Å². The summed E-state index contributed by atoms with van der Waals surface area (Å²) in [6.45, 7) is 1.52. The molecular formula is C22H20ClFN2O4S. The fourth-order valence-electron chi connectivity index (χ4n) is 2.69. The third-order valence-corrected chi connectivity index (χ3v) is 6.49. The van der Waals surface area contributed by atoms with E-state index in [9.17, 15) is 17.6 Å². The van der Waals surface area contributed by atoms with E-state index in [4.69, 9.17) is 16.3 Å². The van der Waals surface area contributed by atoms with E-state index in [-0.39, 0.29) is 22.2 Å². The molecule has 0 saturated carbocycles. The zero-order chi connectivity index (χ0) is 22.6. The van der Waals surface area contributed by atoms with Gasteiger partial charge in [-0.05, 0) is 61.5 Å². The molecule has 0 aliphatic rings. The number of carbonyl (C=O) groups is 1. The number of carbonyl (C=O) groups excluding carboxylic acids is 1. The molecule has 6 nitrogen and oxygen atoms in total. The number of hydrogen-bond donors (Lipinski definition) is 1. The predicted octanol–water partition coefficient (Wildman–Crippen LogP) is 4.63. The van der Waals surface area contributed by atoms with Gasteiger partial charge in [-0.2, -0.15) is 0 Å². The molecule has 0 atom stereocenters. The molecule has 0 unspecified atom stereocenters. The molecule has 0 bridgehead atoms. The average molecular weight is 463 g/mol. The maximum absolute atomic E-state index is 13.7. The molecule has 0 spiro atoms. The van der Waals surface area contributed by atoms with Crippen molar-refractivity contribution in [2.45, 2.75) is 11.8 Å². The van der Waals surface area contributed by atoms with Gasteiger partial charge in [0, 0.05) is 12.1 Å². The molecule has 0 fully saturated rings. The van der Waals surface area contributed by atoms with Crippen LogP contribution in [0.25, 0.3) is 0 Å². The normalized spacial score (nSPS) is 11.1. The van der Waals surface area contributed by atoms with Crippen LogP contribution in [0.2, 0.25) is 5.02 Å². The largest absolute Gasteiger partial charge is 0.484 e. The second-order valence-electron chi connectivity index (χ2n) is 6.74. The monoisotopic (exact) mass is 462 g/mol. The average Bonchev–Trinajstić information content (AvgIpc) is 2.75. The maximum atomic E-state index is 13.7. The fraction of sp³-hybridized carbons (Fsp3) is 0.136. The SMILES string of the molecule is Cc1ccc(S(=O)(=O)N(C)c2ccc(OCC(=O)Nc3cc(Cl)ccc3F)cc2)cc1. The lowest BCUT2D eigenvalue weighted by Crippen LogP contribution is -2.26. The number of benzene rings is 3. The molecule has 0 aromatic heterocycles. The summed E-state index contributed by atoms with van der Waals surface area (Å²) in [6.07, 6.45) is 0. The lowest BCUT2D eigenvalue weighted by Gasteiger charge is -2.20. The summed E-state index contributed by atoms with van der Waals surface area (Å²) in [6, 6.07) is 16.6. The molecule has 1 N–H and O–H groups in total. The van der Waals surface area contributed by atoms with Gasteiger partial charge in [-0.25, -0.2) is 12.8 Å². The number of aryl methyl sites for hydroxylation is 1. The zero-order valence-corrected chi connectivity index (χ0v) is 18.4. The minimum absolute atomic E-state index is 0.0422. The van der Waals surface area contributed by atoms with E-state index in [0.29, 0.717) is 11.4 Å². The van der Waals surface area contributed by atoms with Gasteiger partial charge in [0.05, 0.1) is 16.3 Å². The smallest absolute Gasteiger partial charge is 0.264 e. The van der Waals surface area contributed by atoms with Crippen molar-refractivity contribution >= 4 is 38.9 Å². The molecular weight excluding hydrogens is 443 g/mol. The van der Waals surface area contributed by atoms with Gasteiger partial charge in [0.1, 0.15) is 11.6 Å². The zero-order valence-electron chi connectivity index (χ0n) is 16.8. The molecule has 3 aromatic carbocycles. The van der Waals surface area contributed by atoms with E-state index < -0.39 is 21.7 Å². The standard InChI is InChI=1S/C22H20ClFN2O4S/c1-15-3-10-19(11-4-15)31(28,29)26(2)17-6-8-18(9-7-17)30-14-22(27)25-21-13-16(23)5-12-20(21)24/h3-13H,14H2,1-2H3,(H,25,27). The molecule has 0 aliphatic carbocycles. The lowest BCUT2D eigenvalue weighted by molar-refractivity contribution is -0.118. The number of anilines is 2. The van der Waals surface area contributed by atoms with E-state index in [2.05, 4.69) is 5.32 Å². The second kappa shape index (κ2) is 9.36. The van der Waals surface area contributed by atoms with Crippen LogP contribution >= 0.6 is 11.6 Å². The highest BCUT2D eigenvalue weighted by molar-refractivity contribution is 7.92. The minimum atomic E-state index is -3.71. The van der Waals surface area contributed by atoms with Crippen LogP contribution < -0.4 is 14.4 Å². The van der Waals surface area contributed by atoms with Gasteiger partial charge in [-0.3, -0.25) is 9.10 Å². The van der Waals surface area contributed by atoms with Crippen LogP contribution in [0.4, 0.5) is 15.8 Å². The van der Waals surface area contributed by atoms with Crippen molar-refractivity contribution in [3.8, 4) is 5.75 Å². The van der Waals surface area contributed by atoms with Crippen molar-refractivity contribution in [3.05, 3.63) is 83.1 Å². The third kappa shape index (κ3) is 5.53. The summed E-state index contributed by atoms with van der Waals surface area (Å²) >= 11 is 5.80. The Morgan fingerprint density at radius 2 is 1.71 bits per heavy atom. The molecule has 3 rings (SSSR count). The third-order valence-electron chi connectivity index (χ3n) is 4.45. The van der Waals surface area contributed by atoms with E-state index in [1.807, 2.05) is 6.92 Å². The van der Waals surface area contributed by atoms with Crippen molar-refractivity contribution in [3.63, 3.8) is 0 Å². The van der Waals surface area contributed by atoms with Crippen LogP contribution in [0.1, 0.15) is 5.56 Å². The number of nitrogens with zero attached hydrogens (tertiary/aromatic N) is 1. The van der Waals surface area contributed by atoms with E-state index in [1.54, 1.807) is 48.5 Å². The van der Waals surface area contributed by atoms with E-state index in [1.165, 1.54) is 19.2 Å². The second-order valence-corrected chi connectivity index (χ2v) is 9.15. The number of amides is 1. The predicted molar refractivity (Wildman–Crippen MR) is 119 cm³/mol. The van der Waals surface area contributed by atoms with Crippen LogP contribution in [-0.2, 0) is 14.8 Å². The first-order valence-electron chi connectivity index (χ1n) is 9.20. The summed E-state index contributed by atoms with van der Waals surface area (Å²) < 4.78 is 45.8. The summed E-state index contributed by atoms with van der Waals surface area (Å²) in [4.78, 5) is 12.2. The summed E-state index contributed by atoms with van der Waals surface area (Å²) in [7, 11) is -2.25. The summed E-state index contributed by atoms with van der Waals surface area (Å²) in [5.74, 6) is -0.823. The first-order valence-corrected chi connectivity index (χ1v) is 11.0. The van der Waals surface area contributed by atoms with Gasteiger partial charge in [0.2, 0.25) is 0 Å². The number of hydrogen-bond acceptors (Lipinski definition) is 4. The Kier molecular flexibility index (Phi) is 6.82. The molecule has 31 heavy (non-hydrogen) atoms. The van der Waals surface area contributed by atoms with Crippen molar-refractivity contribution in [2.75, 3.05) is 23.3 Å². The summed E-state index contributed by atoms with van der Waals surface area (Å²) in [5, 5.41) is 2.67. The quantitative estimate of drug-likeness (QED) is 0.555. The first kappa shape index (κ1) is 22.6. The van der Waals surface area contributed by atoms with Crippen molar-refractivity contribution < 1.29 is 22.3 Å². The Morgan fingerprint density at radius 1 is 1.06 bits per heavy atom. The fourth-order valence-corrected chi connectivity index (χ4v) is 4.06. The number of sulfonamides is 1. The van der Waals surface area contributed by atoms with Gasteiger partial charge < -0.3 is 10.1 Å². The van der Waals surface area contributed by atoms with Crippen molar-refractivity contribution in [1.82, 2.24) is 0 Å². The number of ether oxygens (including phenoxy) is 1. The number of rotatable bonds is 7. The van der Waals surface area contributed by atoms with E-state index >= 15 is 0 Å². The van der Waals surface area contributed by atoms with Crippen molar-refractivity contribution in [1.29, 1.82) is 0 Å². The highest BCUT2D eigenvalue weighted by Crippen LogP contribution is 2.25. The highest BCUT2D eigenvalue weighted by atomic mass is 35.5. The maximum Gasteiger partial charge on any atom is 0.264 e. The van der Waals surface area contributed by atoms with Crippen LogP contribution in [-0.4, -0.2) is 28.0 Å². The highest BCUT2D eigenvalue weighted by Gasteiger charge is 2.21. The van der Waals surface area contributed by atoms with Gasteiger partial charge in [-0.1, -0.05) is 29.3 Å². The molecule has 1 amide bonds. The molecule has 162 valence electrons. The first-order chi connectivity index (χ1) is 14.7. The summed E-state index contributed by atoms with van der Waals surface area (Å²) in [5.41, 5.74) is 1.35. The Hall–Kier alpha value is -3.10. The Labute approximate surface area is 185 Å². The molecule has 0 aliphatic heterocycles. The topological polar surface area (TPSA) is 75.7 Å². The van der Waals surface area contributed by atoms with Gasteiger partial charge >= 0.3 is 0 Å². The number of halogens is 2. The molecule has 0 heterocycles. The van der Waals surface area contributed by atoms with Crippen LogP contribution in [0, 0.1) is 12.7 Å². The molecule has 0 radical (unpaired) electrons. The Balaban J connectivity index is 1.62. The van der Waals surface area contributed by atoms with Crippen LogP contribution in [0.15, 0.2) is 71.6 Å². The number of nitrogens with one attached hydrogen (secondary N) is 1. The van der Waals surface area contributed by atoms with Crippen LogP contribution in [0.3, 0.4) is 0 Å².